The molecule has 1 aliphatic heterocycles. The Morgan fingerprint density at radius 3 is 2.91 bits per heavy atom. The maximum absolute atomic E-state index is 11.6. The molecule has 0 saturated heterocycles. The maximum atomic E-state index is 11.6. The van der Waals surface area contributed by atoms with Crippen LogP contribution in [0.2, 0.25) is 0 Å². The molecule has 1 aromatic rings. The Morgan fingerprint density at radius 2 is 2.23 bits per heavy atom. The van der Waals surface area contributed by atoms with Gasteiger partial charge in [-0.15, -0.1) is 0 Å². The van der Waals surface area contributed by atoms with Crippen LogP contribution in [0.4, 0.5) is 0 Å². The molecule has 0 aromatic heterocycles. The standard InChI is InChI=1S/C18H19NO3/c1-19-8-5-11-9-14(22-2)17(21)16-15(11)13(19)10-18(16)6-3-12(20)4-7-18/h3-4,6-7,9,13,21H,5,8,10H2,1-2H3/t13-/m0/s1/i1D3. The highest BCUT2D eigenvalue weighted by Crippen LogP contribution is 2.57. The van der Waals surface area contributed by atoms with E-state index in [1.807, 2.05) is 0 Å². The van der Waals surface area contributed by atoms with Crippen molar-refractivity contribution in [2.75, 3.05) is 20.6 Å². The summed E-state index contributed by atoms with van der Waals surface area (Å²) in [6.45, 7) is -1.79. The summed E-state index contributed by atoms with van der Waals surface area (Å²) in [5, 5.41) is 10.8. The van der Waals surface area contributed by atoms with Gasteiger partial charge in [-0.3, -0.25) is 9.69 Å². The van der Waals surface area contributed by atoms with Gasteiger partial charge in [0.1, 0.15) is 0 Å². The highest BCUT2D eigenvalue weighted by Gasteiger charge is 2.48. The Labute approximate surface area is 133 Å². The predicted octanol–water partition coefficient (Wildman–Crippen LogP) is 2.27. The Morgan fingerprint density at radius 1 is 1.45 bits per heavy atom. The monoisotopic (exact) mass is 300 g/mol. The number of phenolic OH excluding ortho intramolecular Hbond substituents is 1. The lowest BCUT2D eigenvalue weighted by atomic mass is 9.77. The highest BCUT2D eigenvalue weighted by atomic mass is 16.5. The molecule has 1 aromatic carbocycles. The van der Waals surface area contributed by atoms with Gasteiger partial charge in [0.15, 0.2) is 17.3 Å². The molecule has 0 bridgehead atoms. The number of nitrogens with zero attached hydrogens (tertiary/aromatic N) is 1. The van der Waals surface area contributed by atoms with Gasteiger partial charge in [-0.2, -0.15) is 0 Å². The fourth-order valence-electron chi connectivity index (χ4n) is 3.99. The number of aromatic hydroxyl groups is 1. The van der Waals surface area contributed by atoms with E-state index in [1.54, 1.807) is 18.2 Å². The van der Waals surface area contributed by atoms with Crippen molar-refractivity contribution in [2.45, 2.75) is 24.3 Å². The van der Waals surface area contributed by atoms with Crippen LogP contribution >= 0.6 is 0 Å². The largest absolute Gasteiger partial charge is 0.504 e. The highest BCUT2D eigenvalue weighted by molar-refractivity contribution is 6.01. The number of ketones is 1. The SMILES string of the molecule is [2H]C([2H])([2H])N1CCc2cc(OC)c(O)c3c2[C@@H]1CC31C=CC(=O)C=C1. The number of methoxy groups -OCH3 is 1. The molecule has 1 atom stereocenters. The summed E-state index contributed by atoms with van der Waals surface area (Å²) in [6.07, 6.45) is 7.59. The summed E-state index contributed by atoms with van der Waals surface area (Å²) in [5.74, 6) is 0.301. The molecule has 2 aliphatic carbocycles. The van der Waals surface area contributed by atoms with Crippen LogP contribution in [0.25, 0.3) is 0 Å². The lowest BCUT2D eigenvalue weighted by molar-refractivity contribution is -0.110. The third-order valence-corrected chi connectivity index (χ3v) is 5.03. The summed E-state index contributed by atoms with van der Waals surface area (Å²) >= 11 is 0. The van der Waals surface area contributed by atoms with Gasteiger partial charge in [0.05, 0.1) is 7.11 Å². The molecule has 1 N–H and O–H groups in total. The van der Waals surface area contributed by atoms with Crippen LogP contribution in [0.5, 0.6) is 11.5 Å². The summed E-state index contributed by atoms with van der Waals surface area (Å²) in [7, 11) is 1.50. The summed E-state index contributed by atoms with van der Waals surface area (Å²) < 4.78 is 29.0. The number of phenols is 1. The smallest absolute Gasteiger partial charge is 0.178 e. The molecule has 0 amide bonds. The van der Waals surface area contributed by atoms with Crippen molar-refractivity contribution in [3.8, 4) is 11.5 Å². The molecule has 4 nitrogen and oxygen atoms in total. The van der Waals surface area contributed by atoms with E-state index in [4.69, 9.17) is 8.85 Å². The molecule has 4 heteroatoms. The van der Waals surface area contributed by atoms with Crippen molar-refractivity contribution >= 4 is 5.78 Å². The van der Waals surface area contributed by atoms with E-state index in [0.29, 0.717) is 30.7 Å². The van der Waals surface area contributed by atoms with Gasteiger partial charge >= 0.3 is 0 Å². The minimum Gasteiger partial charge on any atom is -0.504 e. The molecule has 1 spiro atoms. The van der Waals surface area contributed by atoms with Crippen LogP contribution in [0.3, 0.4) is 0 Å². The molecule has 0 saturated carbocycles. The van der Waals surface area contributed by atoms with Crippen molar-refractivity contribution in [3.63, 3.8) is 0 Å². The number of carbonyl (C=O) groups is 1. The zero-order valence-corrected chi connectivity index (χ0v) is 12.3. The third-order valence-electron chi connectivity index (χ3n) is 5.03. The number of hydrogen-bond donors (Lipinski definition) is 1. The van der Waals surface area contributed by atoms with Crippen LogP contribution in [0.15, 0.2) is 30.4 Å². The molecule has 3 aliphatic rings. The van der Waals surface area contributed by atoms with Gasteiger partial charge in [0.2, 0.25) is 0 Å². The topological polar surface area (TPSA) is 49.8 Å². The number of fused-ring (bicyclic) bond motifs is 1. The van der Waals surface area contributed by atoms with Crippen LogP contribution in [0.1, 0.15) is 33.3 Å². The van der Waals surface area contributed by atoms with Gasteiger partial charge in [-0.25, -0.2) is 0 Å². The molecular formula is C18H19NO3. The van der Waals surface area contributed by atoms with Crippen molar-refractivity contribution in [1.29, 1.82) is 0 Å². The number of hydrogen-bond acceptors (Lipinski definition) is 4. The molecule has 22 heavy (non-hydrogen) atoms. The Hall–Kier alpha value is -2.07. The van der Waals surface area contributed by atoms with Crippen molar-refractivity contribution in [3.05, 3.63) is 47.1 Å². The molecule has 0 fully saturated rings. The van der Waals surface area contributed by atoms with Crippen molar-refractivity contribution in [1.82, 2.24) is 4.90 Å². The van der Waals surface area contributed by atoms with Crippen molar-refractivity contribution < 1.29 is 18.8 Å². The first kappa shape index (κ1) is 10.6. The summed E-state index contributed by atoms with van der Waals surface area (Å²) in [6, 6.07) is 1.48. The third kappa shape index (κ3) is 1.64. The second-order valence-corrected chi connectivity index (χ2v) is 6.15. The van der Waals surface area contributed by atoms with Crippen LogP contribution in [0, 0.1) is 0 Å². The lowest BCUT2D eigenvalue weighted by Crippen LogP contribution is -2.31. The molecule has 4 rings (SSSR count). The summed E-state index contributed by atoms with van der Waals surface area (Å²) in [4.78, 5) is 13.1. The lowest BCUT2D eigenvalue weighted by Gasteiger charge is -2.32. The van der Waals surface area contributed by atoms with Crippen LogP contribution in [-0.4, -0.2) is 36.4 Å². The first-order valence-electron chi connectivity index (χ1n) is 8.89. The maximum Gasteiger partial charge on any atom is 0.178 e. The number of benzene rings is 1. The van der Waals surface area contributed by atoms with E-state index in [9.17, 15) is 9.90 Å². The van der Waals surface area contributed by atoms with E-state index >= 15 is 0 Å². The minimum atomic E-state index is -2.21. The van der Waals surface area contributed by atoms with E-state index in [2.05, 4.69) is 0 Å². The fourth-order valence-corrected chi connectivity index (χ4v) is 3.99. The Balaban J connectivity index is 1.97. The van der Waals surface area contributed by atoms with Gasteiger partial charge in [0.25, 0.3) is 0 Å². The van der Waals surface area contributed by atoms with Crippen LogP contribution < -0.4 is 4.74 Å². The first-order valence-corrected chi connectivity index (χ1v) is 7.39. The predicted molar refractivity (Wildman–Crippen MR) is 83.3 cm³/mol. The molecule has 0 radical (unpaired) electrons. The number of rotatable bonds is 1. The molecular weight excluding hydrogens is 278 g/mol. The second-order valence-electron chi connectivity index (χ2n) is 6.15. The summed E-state index contributed by atoms with van der Waals surface area (Å²) in [5.41, 5.74) is 1.85. The minimum absolute atomic E-state index is 0.0276. The average molecular weight is 300 g/mol. The van der Waals surface area contributed by atoms with E-state index in [-0.39, 0.29) is 17.6 Å². The zero-order chi connectivity index (χ0) is 18.0. The van der Waals surface area contributed by atoms with Gasteiger partial charge < -0.3 is 9.84 Å². The van der Waals surface area contributed by atoms with Gasteiger partial charge in [-0.05, 0) is 49.2 Å². The fraction of sp³-hybridized carbons (Fsp3) is 0.389. The first-order chi connectivity index (χ1) is 11.8. The zero-order valence-electron chi connectivity index (χ0n) is 15.3. The number of ether oxygens (including phenoxy) is 1. The number of carbonyl (C=O) groups excluding carboxylic acids is 1. The van der Waals surface area contributed by atoms with E-state index in [0.717, 1.165) is 11.1 Å². The molecule has 0 unspecified atom stereocenters. The quantitative estimate of drug-likeness (QED) is 0.864. The van der Waals surface area contributed by atoms with Crippen molar-refractivity contribution in [2.24, 2.45) is 0 Å². The van der Waals surface area contributed by atoms with Gasteiger partial charge in [0, 0.05) is 27.7 Å². The van der Waals surface area contributed by atoms with Crippen LogP contribution in [-0.2, 0) is 16.6 Å². The Bertz CT molecular complexity index is 810. The second kappa shape index (κ2) is 4.46. The number of allylic oxidation sites excluding steroid dienone is 4. The van der Waals surface area contributed by atoms with Gasteiger partial charge in [-0.1, -0.05) is 12.2 Å². The normalized spacial score (nSPS) is 27.4. The molecule has 114 valence electrons. The van der Waals surface area contributed by atoms with E-state index in [1.165, 1.54) is 24.2 Å². The number of likely N-dealkylation sites (N-methyl/N-ethyl adjacent to an activating group) is 1. The molecule has 1 heterocycles. The van der Waals surface area contributed by atoms with E-state index < -0.39 is 12.4 Å². The Kier molecular flexibility index (Phi) is 2.15. The average Bonchev–Trinajstić information content (AvgIpc) is 2.88.